The number of hydrogen-bond donors (Lipinski definition) is 1. The monoisotopic (exact) mass is 273 g/mol. The van der Waals surface area contributed by atoms with E-state index in [1.165, 1.54) is 18.6 Å². The number of halogens is 1. The van der Waals surface area contributed by atoms with Gasteiger partial charge >= 0.3 is 0 Å². The predicted molar refractivity (Wildman–Crippen MR) is 64.7 cm³/mol. The molecule has 1 N–H and O–H groups in total. The van der Waals surface area contributed by atoms with E-state index < -0.39 is 15.8 Å². The first-order chi connectivity index (χ1) is 8.58. The average Bonchev–Trinajstić information content (AvgIpc) is 2.38. The predicted octanol–water partition coefficient (Wildman–Crippen LogP) is 2.37. The molecule has 1 aromatic carbocycles. The Hall–Kier alpha value is -0.980. The van der Waals surface area contributed by atoms with Crippen molar-refractivity contribution in [2.24, 2.45) is 0 Å². The van der Waals surface area contributed by atoms with Gasteiger partial charge in [-0.1, -0.05) is 24.1 Å². The molecular formula is C12H16FNO3S. The summed E-state index contributed by atoms with van der Waals surface area (Å²) in [6.45, 7) is 0. The van der Waals surface area contributed by atoms with Gasteiger partial charge in [-0.15, -0.1) is 0 Å². The molecule has 0 bridgehead atoms. The highest BCUT2D eigenvalue weighted by atomic mass is 32.2. The van der Waals surface area contributed by atoms with Crippen LogP contribution in [-0.2, 0) is 14.9 Å². The molecule has 0 spiro atoms. The standard InChI is InChI=1S/C12H16FNO3S/c13-10-6-8-12(9-7-10)18(15,16)14-17-11-4-2-1-3-5-11/h6-9,11,14H,1-5H2. The van der Waals surface area contributed by atoms with E-state index in [0.29, 0.717) is 0 Å². The zero-order valence-electron chi connectivity index (χ0n) is 9.93. The van der Waals surface area contributed by atoms with Crippen LogP contribution in [0.3, 0.4) is 0 Å². The van der Waals surface area contributed by atoms with E-state index in [2.05, 4.69) is 4.89 Å². The Morgan fingerprint density at radius 3 is 2.33 bits per heavy atom. The summed E-state index contributed by atoms with van der Waals surface area (Å²) in [5.74, 6) is -0.470. The van der Waals surface area contributed by atoms with Crippen molar-refractivity contribution < 1.29 is 17.6 Å². The van der Waals surface area contributed by atoms with Gasteiger partial charge in [0.15, 0.2) is 0 Å². The molecule has 1 aliphatic carbocycles. The van der Waals surface area contributed by atoms with Crippen LogP contribution in [0.5, 0.6) is 0 Å². The summed E-state index contributed by atoms with van der Waals surface area (Å²) < 4.78 is 36.4. The van der Waals surface area contributed by atoms with E-state index in [4.69, 9.17) is 4.84 Å². The third kappa shape index (κ3) is 3.51. The topological polar surface area (TPSA) is 55.4 Å². The molecule has 18 heavy (non-hydrogen) atoms. The summed E-state index contributed by atoms with van der Waals surface area (Å²) in [5, 5.41) is 0. The van der Waals surface area contributed by atoms with Crippen LogP contribution in [0.15, 0.2) is 29.2 Å². The molecule has 0 aromatic heterocycles. The number of hydrogen-bond acceptors (Lipinski definition) is 3. The fourth-order valence-corrected chi connectivity index (χ4v) is 2.83. The van der Waals surface area contributed by atoms with Gasteiger partial charge in [0.05, 0.1) is 11.0 Å². The molecule has 2 rings (SSSR count). The maximum absolute atomic E-state index is 12.7. The fourth-order valence-electron chi connectivity index (χ4n) is 1.98. The maximum atomic E-state index is 12.7. The molecule has 0 heterocycles. The molecule has 0 aliphatic heterocycles. The average molecular weight is 273 g/mol. The minimum atomic E-state index is -3.72. The normalized spacial score (nSPS) is 17.8. The quantitative estimate of drug-likeness (QED) is 0.857. The van der Waals surface area contributed by atoms with Gasteiger partial charge in [0, 0.05) is 0 Å². The van der Waals surface area contributed by atoms with E-state index in [9.17, 15) is 12.8 Å². The van der Waals surface area contributed by atoms with Crippen molar-refractivity contribution in [3.8, 4) is 0 Å². The Bertz CT molecular complexity index is 481. The lowest BCUT2D eigenvalue weighted by molar-refractivity contribution is -0.00385. The van der Waals surface area contributed by atoms with Crippen molar-refractivity contribution in [1.29, 1.82) is 0 Å². The van der Waals surface area contributed by atoms with Crippen LogP contribution >= 0.6 is 0 Å². The van der Waals surface area contributed by atoms with E-state index in [0.717, 1.165) is 37.8 Å². The van der Waals surface area contributed by atoms with Crippen molar-refractivity contribution in [2.75, 3.05) is 0 Å². The Morgan fingerprint density at radius 2 is 1.72 bits per heavy atom. The third-order valence-corrected chi connectivity index (χ3v) is 4.21. The summed E-state index contributed by atoms with van der Waals surface area (Å²) in [6, 6.07) is 4.63. The Labute approximate surface area is 106 Å². The Morgan fingerprint density at radius 1 is 1.11 bits per heavy atom. The highest BCUT2D eigenvalue weighted by Gasteiger charge is 2.19. The SMILES string of the molecule is O=S(=O)(NOC1CCCCC1)c1ccc(F)cc1. The summed E-state index contributed by atoms with van der Waals surface area (Å²) in [6.07, 6.45) is 4.96. The minimum absolute atomic E-state index is 0.000269. The van der Waals surface area contributed by atoms with E-state index in [1.54, 1.807) is 0 Å². The van der Waals surface area contributed by atoms with Gasteiger partial charge in [0.25, 0.3) is 10.0 Å². The molecule has 0 amide bonds. The van der Waals surface area contributed by atoms with Crippen molar-refractivity contribution >= 4 is 10.0 Å². The Balaban J connectivity index is 1.96. The van der Waals surface area contributed by atoms with Gasteiger partial charge in [-0.25, -0.2) is 12.8 Å². The number of nitrogens with one attached hydrogen (secondary N) is 1. The van der Waals surface area contributed by atoms with Gasteiger partial charge in [-0.3, -0.25) is 4.84 Å². The van der Waals surface area contributed by atoms with Gasteiger partial charge in [0.2, 0.25) is 0 Å². The lowest BCUT2D eigenvalue weighted by atomic mass is 9.98. The molecule has 6 heteroatoms. The van der Waals surface area contributed by atoms with Crippen molar-refractivity contribution in [1.82, 2.24) is 4.89 Å². The van der Waals surface area contributed by atoms with Gasteiger partial charge in [-0.05, 0) is 37.1 Å². The van der Waals surface area contributed by atoms with Crippen LogP contribution in [0.25, 0.3) is 0 Å². The molecule has 0 atom stereocenters. The largest absolute Gasteiger partial charge is 0.284 e. The maximum Gasteiger partial charge on any atom is 0.262 e. The van der Waals surface area contributed by atoms with Crippen molar-refractivity contribution in [2.45, 2.75) is 43.1 Å². The smallest absolute Gasteiger partial charge is 0.262 e. The second-order valence-corrected chi connectivity index (χ2v) is 6.06. The van der Waals surface area contributed by atoms with E-state index in [-0.39, 0.29) is 11.0 Å². The first-order valence-electron chi connectivity index (χ1n) is 6.01. The number of benzene rings is 1. The zero-order chi connectivity index (χ0) is 13.0. The van der Waals surface area contributed by atoms with Crippen molar-refractivity contribution in [3.05, 3.63) is 30.1 Å². The molecule has 1 aromatic rings. The molecule has 100 valence electrons. The fraction of sp³-hybridized carbons (Fsp3) is 0.500. The molecular weight excluding hydrogens is 257 g/mol. The third-order valence-electron chi connectivity index (χ3n) is 3.00. The van der Waals surface area contributed by atoms with Crippen molar-refractivity contribution in [3.63, 3.8) is 0 Å². The van der Waals surface area contributed by atoms with E-state index in [1.807, 2.05) is 0 Å². The highest BCUT2D eigenvalue weighted by molar-refractivity contribution is 7.89. The summed E-state index contributed by atoms with van der Waals surface area (Å²) in [5.41, 5.74) is 0. The molecule has 0 saturated heterocycles. The first-order valence-corrected chi connectivity index (χ1v) is 7.49. The summed E-state index contributed by atoms with van der Waals surface area (Å²) >= 11 is 0. The molecule has 0 radical (unpaired) electrons. The summed E-state index contributed by atoms with van der Waals surface area (Å²) in [7, 11) is -3.72. The molecule has 0 unspecified atom stereocenters. The lowest BCUT2D eigenvalue weighted by Gasteiger charge is -2.21. The second-order valence-electron chi connectivity index (χ2n) is 4.42. The van der Waals surface area contributed by atoms with Crippen LogP contribution in [0.4, 0.5) is 4.39 Å². The minimum Gasteiger partial charge on any atom is -0.284 e. The van der Waals surface area contributed by atoms with Gasteiger partial charge in [-0.2, -0.15) is 0 Å². The van der Waals surface area contributed by atoms with Crippen LogP contribution in [0, 0.1) is 5.82 Å². The molecule has 1 saturated carbocycles. The van der Waals surface area contributed by atoms with Crippen LogP contribution < -0.4 is 4.89 Å². The summed E-state index contributed by atoms with van der Waals surface area (Å²) in [4.78, 5) is 7.31. The molecule has 1 fully saturated rings. The van der Waals surface area contributed by atoms with Gasteiger partial charge in [0.1, 0.15) is 5.82 Å². The Kier molecular flexibility index (Phi) is 4.31. The van der Waals surface area contributed by atoms with E-state index >= 15 is 0 Å². The van der Waals surface area contributed by atoms with Crippen LogP contribution in [-0.4, -0.2) is 14.5 Å². The lowest BCUT2D eigenvalue weighted by Crippen LogP contribution is -2.30. The highest BCUT2D eigenvalue weighted by Crippen LogP contribution is 2.20. The number of rotatable bonds is 4. The number of sulfonamides is 1. The molecule has 4 nitrogen and oxygen atoms in total. The zero-order valence-corrected chi connectivity index (χ0v) is 10.7. The van der Waals surface area contributed by atoms with Gasteiger partial charge < -0.3 is 0 Å². The van der Waals surface area contributed by atoms with Crippen LogP contribution in [0.2, 0.25) is 0 Å². The molecule has 1 aliphatic rings. The first kappa shape index (κ1) is 13.5. The van der Waals surface area contributed by atoms with Crippen LogP contribution in [0.1, 0.15) is 32.1 Å². The second kappa shape index (κ2) is 5.77.